The molecular formula is C19H36O8. The molecule has 1 unspecified atom stereocenters. The van der Waals surface area contributed by atoms with Crippen LogP contribution in [-0.4, -0.2) is 61.7 Å². The first-order chi connectivity index (χ1) is 13.1. The number of aliphatic hydroxyl groups is 2. The van der Waals surface area contributed by atoms with Crippen LogP contribution in [0.15, 0.2) is 0 Å². The van der Waals surface area contributed by atoms with E-state index in [4.69, 9.17) is 29.2 Å². The fraction of sp³-hybridized carbons (Fsp3) is 0.895. The molecular weight excluding hydrogens is 356 g/mol. The third-order valence-corrected chi connectivity index (χ3v) is 3.78. The number of aliphatic hydroxyl groups excluding tert-OH is 2. The van der Waals surface area contributed by atoms with E-state index in [1.165, 1.54) is 0 Å². The van der Waals surface area contributed by atoms with Gasteiger partial charge in [0.1, 0.15) is 12.7 Å². The molecule has 8 nitrogen and oxygen atoms in total. The molecule has 0 radical (unpaired) electrons. The molecule has 0 aliphatic carbocycles. The number of ether oxygens (including phenoxy) is 4. The number of carbonyl (C=O) groups is 2. The van der Waals surface area contributed by atoms with Crippen molar-refractivity contribution in [2.45, 2.75) is 77.2 Å². The van der Waals surface area contributed by atoms with Crippen molar-refractivity contribution in [3.05, 3.63) is 0 Å². The van der Waals surface area contributed by atoms with Crippen LogP contribution >= 0.6 is 0 Å². The van der Waals surface area contributed by atoms with Gasteiger partial charge >= 0.3 is 12.3 Å². The lowest BCUT2D eigenvalue weighted by Crippen LogP contribution is -2.23. The molecule has 2 N–H and O–H groups in total. The van der Waals surface area contributed by atoms with Crippen LogP contribution in [0.1, 0.15) is 71.1 Å². The number of hydrogen-bond donors (Lipinski definition) is 2. The second-order valence-corrected chi connectivity index (χ2v) is 6.42. The van der Waals surface area contributed by atoms with Crippen molar-refractivity contribution >= 4 is 12.3 Å². The van der Waals surface area contributed by atoms with Crippen molar-refractivity contribution in [1.29, 1.82) is 0 Å². The fourth-order valence-electron chi connectivity index (χ4n) is 2.26. The van der Waals surface area contributed by atoms with Crippen LogP contribution in [0, 0.1) is 0 Å². The van der Waals surface area contributed by atoms with Gasteiger partial charge in [-0.1, -0.05) is 38.5 Å². The molecule has 0 bridgehead atoms. The van der Waals surface area contributed by atoms with E-state index in [9.17, 15) is 9.59 Å². The van der Waals surface area contributed by atoms with E-state index < -0.39 is 18.4 Å². The average molecular weight is 392 g/mol. The monoisotopic (exact) mass is 392 g/mol. The van der Waals surface area contributed by atoms with E-state index in [0.29, 0.717) is 0 Å². The van der Waals surface area contributed by atoms with Crippen LogP contribution in [0.2, 0.25) is 0 Å². The molecule has 8 heteroatoms. The highest BCUT2D eigenvalue weighted by Gasteiger charge is 2.13. The lowest BCUT2D eigenvalue weighted by atomic mass is 10.1. The molecule has 0 saturated carbocycles. The second kappa shape index (κ2) is 19.2. The molecule has 160 valence electrons. The Morgan fingerprint density at radius 2 is 1.11 bits per heavy atom. The molecule has 0 heterocycles. The average Bonchev–Trinajstić information content (AvgIpc) is 2.65. The van der Waals surface area contributed by atoms with Crippen LogP contribution in [0.25, 0.3) is 0 Å². The number of hydrogen-bond acceptors (Lipinski definition) is 8. The molecule has 27 heavy (non-hydrogen) atoms. The van der Waals surface area contributed by atoms with Crippen LogP contribution in [0.3, 0.4) is 0 Å². The second-order valence-electron chi connectivity index (χ2n) is 6.42. The van der Waals surface area contributed by atoms with Crippen molar-refractivity contribution in [3.63, 3.8) is 0 Å². The van der Waals surface area contributed by atoms with E-state index in [1.807, 2.05) is 0 Å². The Morgan fingerprint density at radius 3 is 1.63 bits per heavy atom. The maximum absolute atomic E-state index is 11.5. The van der Waals surface area contributed by atoms with E-state index in [2.05, 4.69) is 0 Å². The first kappa shape index (κ1) is 25.5. The van der Waals surface area contributed by atoms with Gasteiger partial charge in [-0.3, -0.25) is 0 Å². The van der Waals surface area contributed by atoms with Crippen molar-refractivity contribution in [1.82, 2.24) is 0 Å². The molecule has 0 rings (SSSR count). The number of carbonyl (C=O) groups excluding carboxylic acids is 2. The molecule has 0 aliphatic heterocycles. The van der Waals surface area contributed by atoms with Gasteiger partial charge in [-0.2, -0.15) is 0 Å². The smallest absolute Gasteiger partial charge is 0.434 e. The summed E-state index contributed by atoms with van der Waals surface area (Å²) in [6.45, 7) is 2.50. The van der Waals surface area contributed by atoms with Crippen molar-refractivity contribution < 1.29 is 38.7 Å². The largest absolute Gasteiger partial charge is 0.508 e. The Balaban J connectivity index is 3.50. The third-order valence-electron chi connectivity index (χ3n) is 3.78. The predicted molar refractivity (Wildman–Crippen MR) is 99.5 cm³/mol. The third kappa shape index (κ3) is 19.0. The van der Waals surface area contributed by atoms with E-state index >= 15 is 0 Å². The molecule has 0 aromatic heterocycles. The zero-order valence-corrected chi connectivity index (χ0v) is 16.5. The van der Waals surface area contributed by atoms with Gasteiger partial charge in [-0.25, -0.2) is 9.59 Å². The predicted octanol–water partition coefficient (Wildman–Crippen LogP) is 3.57. The molecule has 0 aliphatic rings. The summed E-state index contributed by atoms with van der Waals surface area (Å²) in [7, 11) is 0. The molecule has 0 aromatic carbocycles. The molecule has 0 saturated heterocycles. The molecule has 0 aromatic rings. The van der Waals surface area contributed by atoms with Crippen molar-refractivity contribution in [2.24, 2.45) is 0 Å². The highest BCUT2D eigenvalue weighted by Crippen LogP contribution is 2.05. The summed E-state index contributed by atoms with van der Waals surface area (Å²) >= 11 is 0. The lowest BCUT2D eigenvalue weighted by molar-refractivity contribution is -0.0113. The van der Waals surface area contributed by atoms with Gasteiger partial charge < -0.3 is 29.2 Å². The summed E-state index contributed by atoms with van der Waals surface area (Å²) in [5.74, 6) is 0. The quantitative estimate of drug-likeness (QED) is 0.285. The zero-order chi connectivity index (χ0) is 20.2. The molecule has 0 amide bonds. The summed E-state index contributed by atoms with van der Waals surface area (Å²) < 4.78 is 19.7. The van der Waals surface area contributed by atoms with Crippen LogP contribution in [0.5, 0.6) is 0 Å². The van der Waals surface area contributed by atoms with Gasteiger partial charge in [0, 0.05) is 13.2 Å². The standard InChI is InChI=1S/C19H36O8/c1-17(27-19(23)25-15-11-7-3-5-9-13-21)16-26-18(22)24-14-10-6-2-4-8-12-20/h17,20-21H,2-16H2,1H3. The maximum Gasteiger partial charge on any atom is 0.508 e. The van der Waals surface area contributed by atoms with Gasteiger partial charge in [0.25, 0.3) is 0 Å². The van der Waals surface area contributed by atoms with Gasteiger partial charge in [-0.15, -0.1) is 0 Å². The summed E-state index contributed by atoms with van der Waals surface area (Å²) in [5.41, 5.74) is 0. The number of rotatable bonds is 17. The first-order valence-corrected chi connectivity index (χ1v) is 9.94. The fourth-order valence-corrected chi connectivity index (χ4v) is 2.26. The van der Waals surface area contributed by atoms with E-state index in [0.717, 1.165) is 64.2 Å². The lowest BCUT2D eigenvalue weighted by Gasteiger charge is -2.13. The Morgan fingerprint density at radius 1 is 0.667 bits per heavy atom. The van der Waals surface area contributed by atoms with Gasteiger partial charge in [-0.05, 0) is 32.6 Å². The highest BCUT2D eigenvalue weighted by molar-refractivity contribution is 5.61. The maximum atomic E-state index is 11.5. The van der Waals surface area contributed by atoms with Crippen molar-refractivity contribution in [3.8, 4) is 0 Å². The van der Waals surface area contributed by atoms with Gasteiger partial charge in [0.15, 0.2) is 0 Å². The molecule has 0 fully saturated rings. The Hall–Kier alpha value is -1.54. The van der Waals surface area contributed by atoms with Gasteiger partial charge in [0.2, 0.25) is 0 Å². The van der Waals surface area contributed by atoms with E-state index in [-0.39, 0.29) is 33.0 Å². The first-order valence-electron chi connectivity index (χ1n) is 9.94. The summed E-state index contributed by atoms with van der Waals surface area (Å²) in [4.78, 5) is 22.9. The van der Waals surface area contributed by atoms with E-state index in [1.54, 1.807) is 6.92 Å². The normalized spacial score (nSPS) is 11.7. The topological polar surface area (TPSA) is 112 Å². The summed E-state index contributed by atoms with van der Waals surface area (Å²) in [6.07, 6.45) is 6.70. The Labute approximate surface area is 162 Å². The SMILES string of the molecule is CC(COC(=O)OCCCCCCCO)OC(=O)OCCCCCCCO. The summed E-state index contributed by atoms with van der Waals surface area (Å²) in [5, 5.41) is 17.3. The number of unbranched alkanes of at least 4 members (excludes halogenated alkanes) is 8. The van der Waals surface area contributed by atoms with Crippen LogP contribution in [-0.2, 0) is 18.9 Å². The Kier molecular flexibility index (Phi) is 18.1. The molecule has 0 spiro atoms. The summed E-state index contributed by atoms with van der Waals surface area (Å²) in [6, 6.07) is 0. The van der Waals surface area contributed by atoms with Crippen LogP contribution in [0.4, 0.5) is 9.59 Å². The zero-order valence-electron chi connectivity index (χ0n) is 16.5. The van der Waals surface area contributed by atoms with Gasteiger partial charge in [0.05, 0.1) is 13.2 Å². The van der Waals surface area contributed by atoms with Crippen molar-refractivity contribution in [2.75, 3.05) is 33.0 Å². The highest BCUT2D eigenvalue weighted by atomic mass is 16.7. The van der Waals surface area contributed by atoms with Crippen LogP contribution < -0.4 is 0 Å². The minimum atomic E-state index is -0.781. The minimum absolute atomic E-state index is 0.0917. The Bertz CT molecular complexity index is 362. The molecule has 1 atom stereocenters. The minimum Gasteiger partial charge on any atom is -0.434 e.